The molecule has 0 bridgehead atoms. The Labute approximate surface area is 125 Å². The second kappa shape index (κ2) is 4.63. The molecule has 22 heavy (non-hydrogen) atoms. The number of hydrogen-bond acceptors (Lipinski definition) is 3. The number of benzene rings is 1. The van der Waals surface area contributed by atoms with Gasteiger partial charge in [0.05, 0.1) is 5.69 Å². The van der Waals surface area contributed by atoms with E-state index in [-0.39, 0.29) is 0 Å². The third-order valence-corrected chi connectivity index (χ3v) is 3.52. The summed E-state index contributed by atoms with van der Waals surface area (Å²) in [6.07, 6.45) is 4.79. The molecular formula is C16H12N4O2. The van der Waals surface area contributed by atoms with Gasteiger partial charge < -0.3 is 19.9 Å². The molecule has 6 heteroatoms. The van der Waals surface area contributed by atoms with E-state index >= 15 is 0 Å². The van der Waals surface area contributed by atoms with Crippen molar-refractivity contribution in [2.75, 3.05) is 0 Å². The highest BCUT2D eigenvalue weighted by atomic mass is 16.5. The van der Waals surface area contributed by atoms with Crippen LogP contribution in [0.15, 0.2) is 55.0 Å². The van der Waals surface area contributed by atoms with Crippen LogP contribution in [0.1, 0.15) is 0 Å². The standard InChI is InChI=1S/C16H12N4O2/c17-16(21)22-14-6-3-7-20-9-13(19-15(14)20)11-8-18-12-5-2-1-4-10(11)12/h1-9,18H,(H2,17,21). The summed E-state index contributed by atoms with van der Waals surface area (Å²) in [7, 11) is 0. The minimum atomic E-state index is -0.857. The molecule has 6 nitrogen and oxygen atoms in total. The lowest BCUT2D eigenvalue weighted by Crippen LogP contribution is -2.16. The van der Waals surface area contributed by atoms with Crippen LogP contribution in [0.4, 0.5) is 4.79 Å². The number of aromatic nitrogens is 3. The van der Waals surface area contributed by atoms with Gasteiger partial charge in [0, 0.05) is 35.1 Å². The van der Waals surface area contributed by atoms with Crippen LogP contribution < -0.4 is 10.5 Å². The van der Waals surface area contributed by atoms with Crippen LogP contribution in [-0.2, 0) is 0 Å². The summed E-state index contributed by atoms with van der Waals surface area (Å²) >= 11 is 0. The lowest BCUT2D eigenvalue weighted by molar-refractivity contribution is 0.211. The number of nitrogens with one attached hydrogen (secondary N) is 1. The summed E-state index contributed by atoms with van der Waals surface area (Å²) in [6.45, 7) is 0. The fraction of sp³-hybridized carbons (Fsp3) is 0. The van der Waals surface area contributed by atoms with E-state index in [1.807, 2.05) is 42.9 Å². The Morgan fingerprint density at radius 1 is 1.23 bits per heavy atom. The highest BCUT2D eigenvalue weighted by molar-refractivity contribution is 5.94. The van der Waals surface area contributed by atoms with E-state index in [0.717, 1.165) is 22.2 Å². The van der Waals surface area contributed by atoms with Gasteiger partial charge >= 0.3 is 6.09 Å². The maximum absolute atomic E-state index is 11.0. The average Bonchev–Trinajstić information content (AvgIpc) is 3.10. The first kappa shape index (κ1) is 12.5. The van der Waals surface area contributed by atoms with Gasteiger partial charge in [-0.1, -0.05) is 18.2 Å². The molecule has 0 unspecified atom stereocenters. The zero-order valence-electron chi connectivity index (χ0n) is 11.5. The molecule has 0 saturated heterocycles. The highest BCUT2D eigenvalue weighted by Crippen LogP contribution is 2.29. The maximum atomic E-state index is 11.0. The molecule has 4 aromatic rings. The topological polar surface area (TPSA) is 85.4 Å². The van der Waals surface area contributed by atoms with Crippen molar-refractivity contribution in [3.05, 3.63) is 55.0 Å². The number of primary amides is 1. The number of rotatable bonds is 2. The molecule has 0 fully saturated rings. The number of nitrogens with two attached hydrogens (primary N) is 1. The molecule has 0 aliphatic rings. The third kappa shape index (κ3) is 1.89. The number of H-pyrrole nitrogens is 1. The van der Waals surface area contributed by atoms with Crippen LogP contribution in [0.3, 0.4) is 0 Å². The van der Waals surface area contributed by atoms with Crippen molar-refractivity contribution >= 4 is 22.6 Å². The van der Waals surface area contributed by atoms with Crippen LogP contribution in [0.25, 0.3) is 27.8 Å². The predicted molar refractivity (Wildman–Crippen MR) is 82.7 cm³/mol. The summed E-state index contributed by atoms with van der Waals surface area (Å²) in [5.74, 6) is 0.334. The summed E-state index contributed by atoms with van der Waals surface area (Å²) < 4.78 is 6.79. The van der Waals surface area contributed by atoms with Gasteiger partial charge in [0.1, 0.15) is 0 Å². The lowest BCUT2D eigenvalue weighted by atomic mass is 10.1. The van der Waals surface area contributed by atoms with Crippen LogP contribution in [0, 0.1) is 0 Å². The van der Waals surface area contributed by atoms with Gasteiger partial charge in [0.25, 0.3) is 0 Å². The minimum absolute atomic E-state index is 0.334. The smallest absolute Gasteiger partial charge is 0.406 e. The normalized spacial score (nSPS) is 11.1. The quantitative estimate of drug-likeness (QED) is 0.595. The number of fused-ring (bicyclic) bond motifs is 2. The third-order valence-electron chi connectivity index (χ3n) is 3.52. The van der Waals surface area contributed by atoms with E-state index in [9.17, 15) is 4.79 Å². The molecule has 3 aromatic heterocycles. The van der Waals surface area contributed by atoms with E-state index in [4.69, 9.17) is 10.5 Å². The van der Waals surface area contributed by atoms with Gasteiger partial charge in [-0.15, -0.1) is 0 Å². The van der Waals surface area contributed by atoms with Crippen molar-refractivity contribution in [1.29, 1.82) is 0 Å². The lowest BCUT2D eigenvalue weighted by Gasteiger charge is -2.01. The van der Waals surface area contributed by atoms with Gasteiger partial charge in [-0.05, 0) is 18.2 Å². The number of carbonyl (C=O) groups excluding carboxylic acids is 1. The van der Waals surface area contributed by atoms with Crippen molar-refractivity contribution < 1.29 is 9.53 Å². The van der Waals surface area contributed by atoms with Crippen LogP contribution >= 0.6 is 0 Å². The molecule has 0 aliphatic heterocycles. The minimum Gasteiger partial charge on any atom is -0.406 e. The zero-order chi connectivity index (χ0) is 15.1. The van der Waals surface area contributed by atoms with Gasteiger partial charge in [-0.25, -0.2) is 9.78 Å². The summed E-state index contributed by atoms with van der Waals surface area (Å²) in [5.41, 5.74) is 8.46. The number of ether oxygens (including phenoxy) is 1. The van der Waals surface area contributed by atoms with E-state index in [2.05, 4.69) is 9.97 Å². The maximum Gasteiger partial charge on any atom is 0.410 e. The zero-order valence-corrected chi connectivity index (χ0v) is 11.5. The van der Waals surface area contributed by atoms with Gasteiger partial charge in [0.2, 0.25) is 0 Å². The van der Waals surface area contributed by atoms with Gasteiger partial charge in [-0.3, -0.25) is 0 Å². The fourth-order valence-corrected chi connectivity index (χ4v) is 2.59. The number of aromatic amines is 1. The Balaban J connectivity index is 1.91. The molecule has 0 aliphatic carbocycles. The monoisotopic (exact) mass is 292 g/mol. The summed E-state index contributed by atoms with van der Waals surface area (Å²) in [5, 5.41) is 1.09. The van der Waals surface area contributed by atoms with Crippen LogP contribution in [0.5, 0.6) is 5.75 Å². The van der Waals surface area contributed by atoms with Crippen molar-refractivity contribution in [3.63, 3.8) is 0 Å². The Hall–Kier alpha value is -3.28. The molecule has 0 spiro atoms. The highest BCUT2D eigenvalue weighted by Gasteiger charge is 2.13. The summed E-state index contributed by atoms with van der Waals surface area (Å²) in [4.78, 5) is 18.8. The number of pyridine rings is 1. The van der Waals surface area contributed by atoms with E-state index in [0.29, 0.717) is 11.4 Å². The second-order valence-corrected chi connectivity index (χ2v) is 4.90. The molecule has 0 atom stereocenters. The molecule has 1 amide bonds. The van der Waals surface area contributed by atoms with Crippen molar-refractivity contribution in [2.24, 2.45) is 5.73 Å². The van der Waals surface area contributed by atoms with Crippen molar-refractivity contribution in [3.8, 4) is 17.0 Å². The van der Waals surface area contributed by atoms with Crippen molar-refractivity contribution in [1.82, 2.24) is 14.4 Å². The van der Waals surface area contributed by atoms with Gasteiger partial charge in [-0.2, -0.15) is 0 Å². The largest absolute Gasteiger partial charge is 0.410 e. The summed E-state index contributed by atoms with van der Waals surface area (Å²) in [6, 6.07) is 11.4. The Bertz CT molecular complexity index is 1000. The number of hydrogen-bond donors (Lipinski definition) is 2. The molecule has 4 rings (SSSR count). The Morgan fingerprint density at radius 3 is 2.95 bits per heavy atom. The SMILES string of the molecule is NC(=O)Oc1cccn2cc(-c3c[nH]c4ccccc34)nc12. The molecule has 3 heterocycles. The van der Waals surface area contributed by atoms with E-state index in [1.165, 1.54) is 0 Å². The molecular weight excluding hydrogens is 280 g/mol. The van der Waals surface area contributed by atoms with E-state index in [1.54, 1.807) is 16.5 Å². The Morgan fingerprint density at radius 2 is 2.09 bits per heavy atom. The molecule has 0 saturated carbocycles. The number of carbonyl (C=O) groups is 1. The van der Waals surface area contributed by atoms with E-state index < -0.39 is 6.09 Å². The first-order valence-electron chi connectivity index (χ1n) is 6.74. The molecule has 0 radical (unpaired) electrons. The van der Waals surface area contributed by atoms with Crippen molar-refractivity contribution in [2.45, 2.75) is 0 Å². The predicted octanol–water partition coefficient (Wildman–Crippen LogP) is 2.94. The number of para-hydroxylation sites is 1. The fourth-order valence-electron chi connectivity index (χ4n) is 2.59. The van der Waals surface area contributed by atoms with Crippen LogP contribution in [-0.4, -0.2) is 20.5 Å². The van der Waals surface area contributed by atoms with Crippen LogP contribution in [0.2, 0.25) is 0 Å². The first-order chi connectivity index (χ1) is 10.7. The average molecular weight is 292 g/mol. The number of nitrogens with zero attached hydrogens (tertiary/aromatic N) is 2. The number of imidazole rings is 1. The molecule has 3 N–H and O–H groups in total. The first-order valence-corrected chi connectivity index (χ1v) is 6.74. The molecule has 1 aromatic carbocycles. The Kier molecular flexibility index (Phi) is 2.62. The number of amides is 1. The molecule has 108 valence electrons. The van der Waals surface area contributed by atoms with Gasteiger partial charge in [0.15, 0.2) is 11.4 Å². The second-order valence-electron chi connectivity index (χ2n) is 4.90.